The average molecular weight is 731 g/mol. The number of alkyl halides is 3. The van der Waals surface area contributed by atoms with Gasteiger partial charge in [-0.3, -0.25) is 14.8 Å². The Balaban J connectivity index is 1.17. The number of aryl methyl sites for hydroxylation is 1. The van der Waals surface area contributed by atoms with Gasteiger partial charge in [0.25, 0.3) is 0 Å². The van der Waals surface area contributed by atoms with Gasteiger partial charge in [-0.2, -0.15) is 23.3 Å². The number of carbonyl (C=O) groups is 1. The molecule has 1 N–H and O–H groups in total. The van der Waals surface area contributed by atoms with Crippen molar-refractivity contribution in [3.05, 3.63) is 48.2 Å². The number of amides is 1. The maximum Gasteiger partial charge on any atom is 0.422 e. The molecule has 6 heterocycles. The van der Waals surface area contributed by atoms with E-state index in [1.807, 2.05) is 24.0 Å². The molecule has 1 amide bonds. The Kier molecular flexibility index (Phi) is 8.33. The van der Waals surface area contributed by atoms with Crippen LogP contribution in [0.15, 0.2) is 37.1 Å². The number of ether oxygens (including phenoxy) is 2. The van der Waals surface area contributed by atoms with E-state index in [9.17, 15) is 18.0 Å². The van der Waals surface area contributed by atoms with Gasteiger partial charge in [0, 0.05) is 87.3 Å². The highest BCUT2D eigenvalue weighted by Gasteiger charge is 2.47. The number of H-pyrrole nitrogens is 1. The molecule has 1 aliphatic carbocycles. The molecular weight excluding hydrogens is 685 g/mol. The number of hydrogen-bond donors (Lipinski definition) is 1. The van der Waals surface area contributed by atoms with Crippen LogP contribution in [0.5, 0.6) is 5.75 Å². The van der Waals surface area contributed by atoms with E-state index in [2.05, 4.69) is 37.5 Å². The maximum absolute atomic E-state index is 14.1. The number of likely N-dealkylation sites (tertiary alicyclic amines) is 2. The molecule has 280 valence electrons. The summed E-state index contributed by atoms with van der Waals surface area (Å²) in [5, 5.41) is 8.87. The van der Waals surface area contributed by atoms with Gasteiger partial charge in [0.05, 0.1) is 17.8 Å². The zero-order chi connectivity index (χ0) is 36.6. The van der Waals surface area contributed by atoms with Crippen molar-refractivity contribution < 1.29 is 27.4 Å². The first kappa shape index (κ1) is 34.3. The third kappa shape index (κ3) is 6.17. The van der Waals surface area contributed by atoms with Crippen LogP contribution in [0.25, 0.3) is 32.9 Å². The number of aromatic nitrogens is 4. The van der Waals surface area contributed by atoms with E-state index in [0.29, 0.717) is 54.6 Å². The van der Waals surface area contributed by atoms with Crippen molar-refractivity contribution in [1.29, 1.82) is 0 Å². The van der Waals surface area contributed by atoms with Gasteiger partial charge in [0.1, 0.15) is 11.3 Å². The van der Waals surface area contributed by atoms with Crippen molar-refractivity contribution in [3.8, 4) is 16.9 Å². The molecule has 11 nitrogen and oxygen atoms in total. The summed E-state index contributed by atoms with van der Waals surface area (Å²) < 4.78 is 53.9. The minimum Gasteiger partial charge on any atom is -0.481 e. The summed E-state index contributed by atoms with van der Waals surface area (Å²) in [6.07, 6.45) is 3.41. The van der Waals surface area contributed by atoms with E-state index in [0.717, 1.165) is 91.7 Å². The zero-order valence-corrected chi connectivity index (χ0v) is 30.2. The molecule has 1 spiro atoms. The number of carbonyl (C=O) groups excluding carboxylic acids is 1. The topological polar surface area (TPSA) is 103 Å². The smallest absolute Gasteiger partial charge is 0.422 e. The van der Waals surface area contributed by atoms with E-state index >= 15 is 0 Å². The standard InChI is InChI=1S/C39H45F3N8O3/c1-4-31(51)50-20-38(21-50)10-13-47(14-11-38)36-28-15-27(24-6-7-24)33(32-23(2)5-8-30-29(32)16-43-46-30)35(53-22-39(40,41)42)34(28)44-37(45-36)49-17-25(18-49)48-12-9-26(19-48)52-3/h4-5,8,15-16,24-26H,1,6-7,9-14,17-22H2,2-3H3,(H,43,46)/t26-/m1/s1. The minimum absolute atomic E-state index is 0.0415. The summed E-state index contributed by atoms with van der Waals surface area (Å²) >= 11 is 0. The Hall–Kier alpha value is -4.43. The van der Waals surface area contributed by atoms with E-state index in [-0.39, 0.29) is 29.1 Å². The number of halogens is 3. The third-order valence-electron chi connectivity index (χ3n) is 12.3. The van der Waals surface area contributed by atoms with Crippen LogP contribution in [0, 0.1) is 12.3 Å². The maximum atomic E-state index is 14.1. The first-order chi connectivity index (χ1) is 25.5. The molecule has 1 atom stereocenters. The number of hydrogen-bond acceptors (Lipinski definition) is 9. The lowest BCUT2D eigenvalue weighted by Gasteiger charge is -2.54. The third-order valence-corrected chi connectivity index (χ3v) is 12.3. The summed E-state index contributed by atoms with van der Waals surface area (Å²) in [6.45, 7) is 10.3. The number of benzene rings is 2. The molecule has 4 aliphatic heterocycles. The van der Waals surface area contributed by atoms with Crippen LogP contribution in [0.4, 0.5) is 24.9 Å². The molecule has 4 aromatic rings. The number of nitrogens with zero attached hydrogens (tertiary/aromatic N) is 7. The second-order valence-corrected chi connectivity index (χ2v) is 15.8. The lowest BCUT2D eigenvalue weighted by molar-refractivity contribution is -0.153. The quantitative estimate of drug-likeness (QED) is 0.214. The first-order valence-electron chi connectivity index (χ1n) is 18.7. The molecule has 0 bridgehead atoms. The van der Waals surface area contributed by atoms with Crippen LogP contribution in [-0.2, 0) is 9.53 Å². The predicted octanol–water partition coefficient (Wildman–Crippen LogP) is 5.82. The lowest BCUT2D eigenvalue weighted by atomic mass is 9.72. The Labute approximate surface area is 306 Å². The molecule has 14 heteroatoms. The van der Waals surface area contributed by atoms with Gasteiger partial charge < -0.3 is 24.2 Å². The highest BCUT2D eigenvalue weighted by atomic mass is 19.4. The lowest BCUT2D eigenvalue weighted by Crippen LogP contribution is -2.61. The second kappa shape index (κ2) is 12.9. The van der Waals surface area contributed by atoms with Crippen molar-refractivity contribution in [1.82, 2.24) is 30.0 Å². The minimum atomic E-state index is -4.56. The predicted molar refractivity (Wildman–Crippen MR) is 197 cm³/mol. The van der Waals surface area contributed by atoms with Crippen LogP contribution in [0.2, 0.25) is 0 Å². The Morgan fingerprint density at radius 3 is 2.49 bits per heavy atom. The molecule has 0 unspecified atom stereocenters. The SMILES string of the molecule is C=CC(=O)N1CC2(CCN(c3nc(N4CC(N5CC[C@@H](OC)C5)C4)nc4c(OCC(F)(F)F)c(-c5c(C)ccc6[nH]ncc56)c(C5CC5)cc34)CC2)C1. The normalized spacial score (nSPS) is 22.1. The van der Waals surface area contributed by atoms with Crippen LogP contribution in [0.3, 0.4) is 0 Å². The van der Waals surface area contributed by atoms with Gasteiger partial charge >= 0.3 is 6.18 Å². The molecule has 0 radical (unpaired) electrons. The fraction of sp³-hybridized carbons (Fsp3) is 0.538. The molecular formula is C39H45F3N8O3. The average Bonchev–Trinajstić information content (AvgIpc) is 3.65. The van der Waals surface area contributed by atoms with Gasteiger partial charge in [-0.15, -0.1) is 0 Å². The summed E-state index contributed by atoms with van der Waals surface area (Å²) in [6, 6.07) is 6.37. The second-order valence-electron chi connectivity index (χ2n) is 15.8. The van der Waals surface area contributed by atoms with Gasteiger partial charge in [-0.25, -0.2) is 4.98 Å². The molecule has 5 fully saturated rings. The summed E-state index contributed by atoms with van der Waals surface area (Å²) in [5.41, 5.74) is 4.60. The van der Waals surface area contributed by atoms with Gasteiger partial charge in [0.15, 0.2) is 12.4 Å². The largest absolute Gasteiger partial charge is 0.481 e. The van der Waals surface area contributed by atoms with Crippen LogP contribution in [0.1, 0.15) is 49.1 Å². The van der Waals surface area contributed by atoms with Gasteiger partial charge in [0.2, 0.25) is 11.9 Å². The number of rotatable bonds is 9. The highest BCUT2D eigenvalue weighted by Crippen LogP contribution is 2.53. The number of anilines is 2. The molecule has 53 heavy (non-hydrogen) atoms. The number of aromatic amines is 1. The van der Waals surface area contributed by atoms with E-state index in [1.165, 1.54) is 6.08 Å². The highest BCUT2D eigenvalue weighted by molar-refractivity contribution is 6.06. The molecule has 1 saturated carbocycles. The Bertz CT molecular complexity index is 2080. The molecule has 4 saturated heterocycles. The van der Waals surface area contributed by atoms with Crippen molar-refractivity contribution >= 4 is 39.5 Å². The van der Waals surface area contributed by atoms with Crippen LogP contribution in [-0.4, -0.2) is 120 Å². The Morgan fingerprint density at radius 2 is 1.81 bits per heavy atom. The number of piperidine rings is 1. The summed E-state index contributed by atoms with van der Waals surface area (Å²) in [4.78, 5) is 31.3. The fourth-order valence-electron chi connectivity index (χ4n) is 9.02. The molecule has 9 rings (SSSR count). The molecule has 2 aromatic carbocycles. The van der Waals surface area contributed by atoms with Crippen LogP contribution >= 0.6 is 0 Å². The van der Waals surface area contributed by atoms with Crippen molar-refractivity contribution in [2.45, 2.75) is 63.3 Å². The molecule has 5 aliphatic rings. The van der Waals surface area contributed by atoms with Crippen LogP contribution < -0.4 is 14.5 Å². The van der Waals surface area contributed by atoms with Crippen molar-refractivity contribution in [2.24, 2.45) is 5.41 Å². The van der Waals surface area contributed by atoms with E-state index in [4.69, 9.17) is 19.4 Å². The van der Waals surface area contributed by atoms with Gasteiger partial charge in [-0.1, -0.05) is 12.6 Å². The van der Waals surface area contributed by atoms with E-state index in [1.54, 1.807) is 13.3 Å². The van der Waals surface area contributed by atoms with Gasteiger partial charge in [-0.05, 0) is 79.8 Å². The van der Waals surface area contributed by atoms with Crippen molar-refractivity contribution in [2.75, 3.05) is 75.9 Å². The summed E-state index contributed by atoms with van der Waals surface area (Å²) in [7, 11) is 1.76. The first-order valence-corrected chi connectivity index (χ1v) is 18.7. The number of methoxy groups -OCH3 is 1. The zero-order valence-electron chi connectivity index (χ0n) is 30.2. The summed E-state index contributed by atoms with van der Waals surface area (Å²) in [5.74, 6) is 1.51. The van der Waals surface area contributed by atoms with Crippen molar-refractivity contribution in [3.63, 3.8) is 0 Å². The van der Waals surface area contributed by atoms with E-state index < -0.39 is 12.8 Å². The number of fused-ring (bicyclic) bond motifs is 2. The Morgan fingerprint density at radius 1 is 1.04 bits per heavy atom. The molecule has 2 aromatic heterocycles. The fourth-order valence-corrected chi connectivity index (χ4v) is 9.02. The number of nitrogens with one attached hydrogen (secondary N) is 1. The monoisotopic (exact) mass is 730 g/mol.